The molecule has 0 rings (SSSR count). The third kappa shape index (κ3) is 28.6. The lowest BCUT2D eigenvalue weighted by Crippen LogP contribution is -2.32. The van der Waals surface area contributed by atoms with Crippen LogP contribution in [0.1, 0.15) is 95.4 Å². The standard InChI is InChI=1S/C15H31NO3.3C2H6/c1-13(17)7-8-14(2,3)18-11-9-15(4,5)19-12-10-16-6;3*1-2/h16H,7-12H2,1-6H3;3*1-2H3. The lowest BCUT2D eigenvalue weighted by atomic mass is 10.0. The summed E-state index contributed by atoms with van der Waals surface area (Å²) in [5, 5.41) is 3.06. The largest absolute Gasteiger partial charge is 0.375 e. The van der Waals surface area contributed by atoms with Gasteiger partial charge in [-0.25, -0.2) is 0 Å². The van der Waals surface area contributed by atoms with Crippen molar-refractivity contribution in [3.05, 3.63) is 0 Å². The van der Waals surface area contributed by atoms with Crippen LogP contribution in [0.25, 0.3) is 0 Å². The molecule has 0 aromatic heterocycles. The van der Waals surface area contributed by atoms with Gasteiger partial charge in [0.1, 0.15) is 5.78 Å². The number of ketones is 1. The SMILES string of the molecule is CC.CC.CC.CNCCOC(C)(C)CCOC(C)(C)CCC(C)=O. The summed E-state index contributed by atoms with van der Waals surface area (Å²) in [6, 6.07) is 0. The lowest BCUT2D eigenvalue weighted by Gasteiger charge is -2.29. The Morgan fingerprint density at radius 1 is 0.800 bits per heavy atom. The highest BCUT2D eigenvalue weighted by Gasteiger charge is 2.22. The first-order valence-electron chi connectivity index (χ1n) is 10.1. The van der Waals surface area contributed by atoms with Gasteiger partial charge in [-0.1, -0.05) is 41.5 Å². The van der Waals surface area contributed by atoms with E-state index in [1.807, 2.05) is 62.4 Å². The predicted octanol–water partition coefficient (Wildman–Crippen LogP) is 5.63. The second-order valence-electron chi connectivity index (χ2n) is 6.27. The fourth-order valence-electron chi connectivity index (χ4n) is 1.62. The van der Waals surface area contributed by atoms with Crippen molar-refractivity contribution in [3.8, 4) is 0 Å². The second kappa shape index (κ2) is 21.6. The lowest BCUT2D eigenvalue weighted by molar-refractivity contribution is -0.119. The van der Waals surface area contributed by atoms with Crippen LogP contribution in [-0.4, -0.2) is 43.8 Å². The molecule has 0 heterocycles. The van der Waals surface area contributed by atoms with Crippen LogP contribution in [0.4, 0.5) is 0 Å². The summed E-state index contributed by atoms with van der Waals surface area (Å²) in [6.07, 6.45) is 2.19. The topological polar surface area (TPSA) is 47.6 Å². The smallest absolute Gasteiger partial charge is 0.129 e. The van der Waals surface area contributed by atoms with Crippen LogP contribution in [-0.2, 0) is 14.3 Å². The van der Waals surface area contributed by atoms with Crippen molar-refractivity contribution in [3.63, 3.8) is 0 Å². The van der Waals surface area contributed by atoms with Crippen LogP contribution in [0.2, 0.25) is 0 Å². The van der Waals surface area contributed by atoms with Crippen molar-refractivity contribution in [1.82, 2.24) is 5.32 Å². The first kappa shape index (κ1) is 32.2. The Balaban J connectivity index is -0.000000329. The van der Waals surface area contributed by atoms with Gasteiger partial charge in [-0.3, -0.25) is 0 Å². The van der Waals surface area contributed by atoms with Gasteiger partial charge in [0.2, 0.25) is 0 Å². The molecule has 156 valence electrons. The van der Waals surface area contributed by atoms with Crippen molar-refractivity contribution in [2.45, 2.75) is 107 Å². The van der Waals surface area contributed by atoms with Crippen molar-refractivity contribution in [1.29, 1.82) is 0 Å². The molecule has 0 bridgehead atoms. The van der Waals surface area contributed by atoms with Crippen LogP contribution in [0.3, 0.4) is 0 Å². The van der Waals surface area contributed by atoms with E-state index in [0.717, 1.165) is 19.4 Å². The van der Waals surface area contributed by atoms with E-state index in [1.165, 1.54) is 0 Å². The Hall–Kier alpha value is -0.450. The number of hydrogen-bond donors (Lipinski definition) is 1. The van der Waals surface area contributed by atoms with E-state index in [0.29, 0.717) is 19.6 Å². The Bertz CT molecular complexity index is 264. The monoisotopic (exact) mass is 363 g/mol. The number of carbonyl (C=O) groups is 1. The highest BCUT2D eigenvalue weighted by molar-refractivity contribution is 5.75. The van der Waals surface area contributed by atoms with E-state index < -0.39 is 0 Å². The maximum atomic E-state index is 11.0. The maximum absolute atomic E-state index is 11.0. The number of rotatable bonds is 11. The second-order valence-corrected chi connectivity index (χ2v) is 6.27. The minimum atomic E-state index is -0.243. The van der Waals surface area contributed by atoms with E-state index >= 15 is 0 Å². The molecule has 4 heteroatoms. The molecule has 0 spiro atoms. The van der Waals surface area contributed by atoms with Gasteiger partial charge >= 0.3 is 0 Å². The molecule has 0 atom stereocenters. The van der Waals surface area contributed by atoms with Crippen molar-refractivity contribution in [2.24, 2.45) is 0 Å². The zero-order chi connectivity index (χ0) is 20.9. The minimum Gasteiger partial charge on any atom is -0.375 e. The van der Waals surface area contributed by atoms with Crippen LogP contribution in [0, 0.1) is 0 Å². The summed E-state index contributed by atoms with van der Waals surface area (Å²) in [4.78, 5) is 11.0. The number of carbonyl (C=O) groups excluding carboxylic acids is 1. The third-order valence-electron chi connectivity index (χ3n) is 3.12. The third-order valence-corrected chi connectivity index (χ3v) is 3.12. The molecule has 0 aliphatic carbocycles. The van der Waals surface area contributed by atoms with Gasteiger partial charge in [-0.15, -0.1) is 0 Å². The van der Waals surface area contributed by atoms with Gasteiger partial charge in [-0.05, 0) is 54.5 Å². The number of ether oxygens (including phenoxy) is 2. The Morgan fingerprint density at radius 3 is 1.60 bits per heavy atom. The fraction of sp³-hybridized carbons (Fsp3) is 0.952. The van der Waals surface area contributed by atoms with Gasteiger partial charge in [-0.2, -0.15) is 0 Å². The fourth-order valence-corrected chi connectivity index (χ4v) is 1.62. The molecule has 0 saturated carbocycles. The number of likely N-dealkylation sites (N-methyl/N-ethyl adjacent to an activating group) is 1. The Morgan fingerprint density at radius 2 is 1.20 bits per heavy atom. The molecule has 0 aromatic rings. The molecular weight excluding hydrogens is 314 g/mol. The highest BCUT2D eigenvalue weighted by Crippen LogP contribution is 2.20. The quantitative estimate of drug-likeness (QED) is 0.483. The Kier molecular flexibility index (Phi) is 27.8. The highest BCUT2D eigenvalue weighted by atomic mass is 16.5. The van der Waals surface area contributed by atoms with Gasteiger partial charge < -0.3 is 19.6 Å². The zero-order valence-electron chi connectivity index (χ0n) is 19.5. The van der Waals surface area contributed by atoms with E-state index in [2.05, 4.69) is 19.2 Å². The summed E-state index contributed by atoms with van der Waals surface area (Å²) in [5.41, 5.74) is -0.416. The molecule has 0 radical (unpaired) electrons. The van der Waals surface area contributed by atoms with E-state index in [-0.39, 0.29) is 17.0 Å². The molecule has 0 amide bonds. The van der Waals surface area contributed by atoms with Gasteiger partial charge in [0.05, 0.1) is 24.4 Å². The molecule has 25 heavy (non-hydrogen) atoms. The van der Waals surface area contributed by atoms with E-state index in [1.54, 1.807) is 6.92 Å². The van der Waals surface area contributed by atoms with Gasteiger partial charge in [0, 0.05) is 13.0 Å². The van der Waals surface area contributed by atoms with Crippen LogP contribution >= 0.6 is 0 Å². The van der Waals surface area contributed by atoms with Crippen molar-refractivity contribution in [2.75, 3.05) is 26.8 Å². The summed E-state index contributed by atoms with van der Waals surface area (Å²) >= 11 is 0. The van der Waals surface area contributed by atoms with Crippen LogP contribution in [0.15, 0.2) is 0 Å². The van der Waals surface area contributed by atoms with Crippen LogP contribution in [0.5, 0.6) is 0 Å². The normalized spacial score (nSPS) is 10.4. The zero-order valence-corrected chi connectivity index (χ0v) is 19.5. The number of nitrogens with one attached hydrogen (secondary N) is 1. The Labute approximate surface area is 159 Å². The minimum absolute atomic E-state index is 0.173. The molecule has 0 fully saturated rings. The first-order chi connectivity index (χ1) is 11.7. The van der Waals surface area contributed by atoms with Crippen molar-refractivity contribution >= 4 is 5.78 Å². The molecule has 0 aliphatic heterocycles. The predicted molar refractivity (Wildman–Crippen MR) is 113 cm³/mol. The first-order valence-corrected chi connectivity index (χ1v) is 10.1. The molecule has 0 aromatic carbocycles. The average molecular weight is 364 g/mol. The molecule has 0 saturated heterocycles. The molecule has 0 aliphatic rings. The molecule has 4 nitrogen and oxygen atoms in total. The summed E-state index contributed by atoms with van der Waals surface area (Å²) in [6.45, 7) is 24.1. The summed E-state index contributed by atoms with van der Waals surface area (Å²) in [5.74, 6) is 0.215. The molecule has 0 unspecified atom stereocenters. The maximum Gasteiger partial charge on any atom is 0.129 e. The number of hydrogen-bond acceptors (Lipinski definition) is 4. The van der Waals surface area contributed by atoms with Crippen molar-refractivity contribution < 1.29 is 14.3 Å². The summed E-state index contributed by atoms with van der Waals surface area (Å²) < 4.78 is 11.7. The van der Waals surface area contributed by atoms with Crippen LogP contribution < -0.4 is 5.32 Å². The van der Waals surface area contributed by atoms with E-state index in [4.69, 9.17) is 9.47 Å². The van der Waals surface area contributed by atoms with Gasteiger partial charge in [0.15, 0.2) is 0 Å². The summed E-state index contributed by atoms with van der Waals surface area (Å²) in [7, 11) is 1.91. The molecular formula is C21H49NO3. The van der Waals surface area contributed by atoms with E-state index in [9.17, 15) is 4.79 Å². The van der Waals surface area contributed by atoms with Gasteiger partial charge in [0.25, 0.3) is 0 Å². The molecule has 1 N–H and O–H groups in total. The average Bonchev–Trinajstić information content (AvgIpc) is 2.58. The number of Topliss-reactive ketones (excluding diaryl/α,β-unsaturated/α-hetero) is 1.